The van der Waals surface area contributed by atoms with Crippen molar-refractivity contribution in [2.75, 3.05) is 66.6 Å². The van der Waals surface area contributed by atoms with E-state index in [0.717, 1.165) is 76.6 Å². The lowest BCUT2D eigenvalue weighted by Gasteiger charge is -2.43. The summed E-state index contributed by atoms with van der Waals surface area (Å²) >= 11 is 0. The SMILES string of the molecule is CN(C)CCN1CCOC[C@]2(CCCN(C(=O)c3ccc(-n4cccc4)cc3)C2)C1. The minimum atomic E-state index is 0.0435. The number of nitrogens with zero attached hydrogens (tertiary/aromatic N) is 4. The van der Waals surface area contributed by atoms with Crippen LogP contribution in [0.2, 0.25) is 0 Å². The molecule has 1 aromatic heterocycles. The highest BCUT2D eigenvalue weighted by molar-refractivity contribution is 5.94. The second-order valence-corrected chi connectivity index (χ2v) is 9.10. The summed E-state index contributed by atoms with van der Waals surface area (Å²) in [5.41, 5.74) is 1.88. The van der Waals surface area contributed by atoms with Gasteiger partial charge in [0, 0.05) is 68.3 Å². The Bertz CT molecular complexity index is 818. The average Bonchev–Trinajstić information content (AvgIpc) is 3.22. The summed E-state index contributed by atoms with van der Waals surface area (Å²) in [6, 6.07) is 11.9. The van der Waals surface area contributed by atoms with E-state index in [4.69, 9.17) is 4.74 Å². The normalized spacial score (nSPS) is 23.1. The van der Waals surface area contributed by atoms with Gasteiger partial charge in [0.2, 0.25) is 0 Å². The molecule has 162 valence electrons. The molecule has 0 radical (unpaired) electrons. The van der Waals surface area contributed by atoms with Crippen LogP contribution in [0.3, 0.4) is 0 Å². The van der Waals surface area contributed by atoms with E-state index >= 15 is 0 Å². The molecule has 2 fully saturated rings. The Kier molecular flexibility index (Phi) is 6.56. The molecular formula is C24H34N4O2. The van der Waals surface area contributed by atoms with Crippen LogP contribution in [0.5, 0.6) is 0 Å². The molecule has 30 heavy (non-hydrogen) atoms. The molecular weight excluding hydrogens is 376 g/mol. The van der Waals surface area contributed by atoms with Crippen molar-refractivity contribution in [1.29, 1.82) is 0 Å². The third-order valence-electron chi connectivity index (χ3n) is 6.35. The number of piperidine rings is 1. The zero-order valence-corrected chi connectivity index (χ0v) is 18.3. The van der Waals surface area contributed by atoms with Crippen molar-refractivity contribution in [2.24, 2.45) is 5.41 Å². The second-order valence-electron chi connectivity index (χ2n) is 9.10. The van der Waals surface area contributed by atoms with Crippen molar-refractivity contribution in [3.05, 3.63) is 54.4 Å². The number of likely N-dealkylation sites (tertiary alicyclic amines) is 1. The highest BCUT2D eigenvalue weighted by Crippen LogP contribution is 2.33. The van der Waals surface area contributed by atoms with Crippen LogP contribution >= 0.6 is 0 Å². The summed E-state index contributed by atoms with van der Waals surface area (Å²) < 4.78 is 8.07. The molecule has 3 heterocycles. The largest absolute Gasteiger partial charge is 0.379 e. The van der Waals surface area contributed by atoms with Crippen LogP contribution in [0, 0.1) is 5.41 Å². The molecule has 0 saturated carbocycles. The predicted octanol–water partition coefficient (Wildman–Crippen LogP) is 2.59. The molecule has 1 atom stereocenters. The number of hydrogen-bond acceptors (Lipinski definition) is 4. The van der Waals surface area contributed by atoms with Gasteiger partial charge in [0.1, 0.15) is 0 Å². The van der Waals surface area contributed by atoms with E-state index in [1.54, 1.807) is 0 Å². The standard InChI is InChI=1S/C24H34N4O2/c1-25(2)14-15-26-16-17-30-20-24(18-26)10-5-13-28(19-24)23(29)21-6-8-22(9-7-21)27-11-3-4-12-27/h3-4,6-9,11-12H,5,10,13-20H2,1-2H3/t24-/m1/s1. The number of rotatable bonds is 5. The first-order valence-corrected chi connectivity index (χ1v) is 11.0. The van der Waals surface area contributed by atoms with Gasteiger partial charge in [-0.25, -0.2) is 0 Å². The average molecular weight is 411 g/mol. The fourth-order valence-corrected chi connectivity index (χ4v) is 4.71. The van der Waals surface area contributed by atoms with Gasteiger partial charge in [-0.2, -0.15) is 0 Å². The summed E-state index contributed by atoms with van der Waals surface area (Å²) in [5, 5.41) is 0. The van der Waals surface area contributed by atoms with E-state index in [2.05, 4.69) is 28.5 Å². The summed E-state index contributed by atoms with van der Waals surface area (Å²) in [7, 11) is 4.24. The van der Waals surface area contributed by atoms with E-state index in [0.29, 0.717) is 0 Å². The summed E-state index contributed by atoms with van der Waals surface area (Å²) in [5.74, 6) is 0.136. The molecule has 2 aliphatic heterocycles. The van der Waals surface area contributed by atoms with E-state index in [9.17, 15) is 4.79 Å². The number of hydrogen-bond donors (Lipinski definition) is 0. The number of benzene rings is 1. The molecule has 2 saturated heterocycles. The monoisotopic (exact) mass is 410 g/mol. The van der Waals surface area contributed by atoms with E-state index in [-0.39, 0.29) is 11.3 Å². The van der Waals surface area contributed by atoms with Crippen molar-refractivity contribution in [3.8, 4) is 5.69 Å². The topological polar surface area (TPSA) is 41.0 Å². The summed E-state index contributed by atoms with van der Waals surface area (Å²) in [6.07, 6.45) is 6.19. The van der Waals surface area contributed by atoms with Crippen molar-refractivity contribution in [2.45, 2.75) is 12.8 Å². The number of amides is 1. The van der Waals surface area contributed by atoms with Gasteiger partial charge in [0.15, 0.2) is 0 Å². The van der Waals surface area contributed by atoms with Crippen molar-refractivity contribution in [1.82, 2.24) is 19.3 Å². The van der Waals surface area contributed by atoms with Gasteiger partial charge < -0.3 is 19.1 Å². The third-order valence-corrected chi connectivity index (χ3v) is 6.35. The molecule has 0 N–H and O–H groups in total. The zero-order chi connectivity index (χ0) is 21.0. The Hall–Kier alpha value is -2.15. The number of carbonyl (C=O) groups is 1. The maximum atomic E-state index is 13.3. The first-order chi connectivity index (χ1) is 14.5. The molecule has 0 bridgehead atoms. The van der Waals surface area contributed by atoms with Gasteiger partial charge in [0.05, 0.1) is 13.2 Å². The number of aromatic nitrogens is 1. The van der Waals surface area contributed by atoms with Crippen molar-refractivity contribution < 1.29 is 9.53 Å². The summed E-state index contributed by atoms with van der Waals surface area (Å²) in [6.45, 7) is 7.23. The van der Waals surface area contributed by atoms with Gasteiger partial charge in [-0.1, -0.05) is 0 Å². The fraction of sp³-hybridized carbons (Fsp3) is 0.542. The molecule has 1 aromatic carbocycles. The van der Waals surface area contributed by atoms with Crippen LogP contribution in [0.4, 0.5) is 0 Å². The van der Waals surface area contributed by atoms with E-state index in [1.165, 1.54) is 0 Å². The minimum Gasteiger partial charge on any atom is -0.379 e. The van der Waals surface area contributed by atoms with Gasteiger partial charge >= 0.3 is 0 Å². The fourth-order valence-electron chi connectivity index (χ4n) is 4.71. The van der Waals surface area contributed by atoms with Gasteiger partial charge in [-0.05, 0) is 63.3 Å². The van der Waals surface area contributed by atoms with Crippen LogP contribution in [-0.4, -0.2) is 91.8 Å². The lowest BCUT2D eigenvalue weighted by molar-refractivity contribution is 0.00717. The predicted molar refractivity (Wildman–Crippen MR) is 119 cm³/mol. The summed E-state index contributed by atoms with van der Waals surface area (Å²) in [4.78, 5) is 20.1. The maximum absolute atomic E-state index is 13.3. The first-order valence-electron chi connectivity index (χ1n) is 11.0. The Balaban J connectivity index is 1.44. The molecule has 6 nitrogen and oxygen atoms in total. The van der Waals surface area contributed by atoms with E-state index < -0.39 is 0 Å². The Labute approximate surface area is 180 Å². The van der Waals surface area contributed by atoms with Gasteiger partial charge in [-0.15, -0.1) is 0 Å². The molecule has 0 aliphatic carbocycles. The number of likely N-dealkylation sites (N-methyl/N-ethyl adjacent to an activating group) is 1. The highest BCUT2D eigenvalue weighted by Gasteiger charge is 2.40. The number of ether oxygens (including phenoxy) is 1. The highest BCUT2D eigenvalue weighted by atomic mass is 16.5. The Morgan fingerprint density at radius 1 is 1.10 bits per heavy atom. The second kappa shape index (κ2) is 9.33. The molecule has 4 rings (SSSR count). The van der Waals surface area contributed by atoms with Crippen LogP contribution in [0.25, 0.3) is 5.69 Å². The minimum absolute atomic E-state index is 0.0435. The smallest absolute Gasteiger partial charge is 0.253 e. The van der Waals surface area contributed by atoms with Crippen LogP contribution in [0.15, 0.2) is 48.8 Å². The van der Waals surface area contributed by atoms with Crippen LogP contribution in [0.1, 0.15) is 23.2 Å². The van der Waals surface area contributed by atoms with Gasteiger partial charge in [-0.3, -0.25) is 9.69 Å². The molecule has 1 amide bonds. The molecule has 2 aromatic rings. The Morgan fingerprint density at radius 3 is 2.60 bits per heavy atom. The quantitative estimate of drug-likeness (QED) is 0.760. The lowest BCUT2D eigenvalue weighted by atomic mass is 9.80. The molecule has 6 heteroatoms. The third kappa shape index (κ3) is 4.94. The van der Waals surface area contributed by atoms with Crippen molar-refractivity contribution >= 4 is 5.91 Å². The van der Waals surface area contributed by atoms with Crippen molar-refractivity contribution in [3.63, 3.8) is 0 Å². The maximum Gasteiger partial charge on any atom is 0.253 e. The first kappa shape index (κ1) is 21.1. The lowest BCUT2D eigenvalue weighted by Crippen LogP contribution is -2.52. The molecule has 1 spiro atoms. The van der Waals surface area contributed by atoms with Crippen LogP contribution in [-0.2, 0) is 4.74 Å². The molecule has 0 unspecified atom stereocenters. The van der Waals surface area contributed by atoms with E-state index in [1.807, 2.05) is 53.7 Å². The number of carbonyl (C=O) groups excluding carboxylic acids is 1. The molecule has 2 aliphatic rings. The van der Waals surface area contributed by atoms with Crippen LogP contribution < -0.4 is 0 Å². The Morgan fingerprint density at radius 2 is 1.87 bits per heavy atom. The zero-order valence-electron chi connectivity index (χ0n) is 18.3. The van der Waals surface area contributed by atoms with Gasteiger partial charge in [0.25, 0.3) is 5.91 Å².